The van der Waals surface area contributed by atoms with E-state index in [1.807, 2.05) is 45.0 Å². The smallest absolute Gasteiger partial charge is 0.316 e. The summed E-state index contributed by atoms with van der Waals surface area (Å²) in [5.74, 6) is 0. The van der Waals surface area contributed by atoms with E-state index in [1.165, 1.54) is 5.56 Å². The summed E-state index contributed by atoms with van der Waals surface area (Å²) in [5, 5.41) is 11.0. The molecule has 0 aromatic heterocycles. The average Bonchev–Trinajstić information content (AvgIpc) is 2.39. The van der Waals surface area contributed by atoms with Gasteiger partial charge in [0.25, 0.3) is 0 Å². The number of azo groups is 1. The van der Waals surface area contributed by atoms with Gasteiger partial charge in [0, 0.05) is 0 Å². The lowest BCUT2D eigenvalue weighted by atomic mass is 10.1. The van der Waals surface area contributed by atoms with Crippen LogP contribution in [0.2, 0.25) is 0 Å². The lowest BCUT2D eigenvalue weighted by Crippen LogP contribution is -2.19. The molecule has 3 N–H and O–H groups in total. The Balaban J connectivity index is 2.34. The van der Waals surface area contributed by atoms with Crippen LogP contribution in [0.1, 0.15) is 16.7 Å². The van der Waals surface area contributed by atoms with Crippen LogP contribution in [0.3, 0.4) is 0 Å². The lowest BCUT2D eigenvalue weighted by Gasteiger charge is -2.06. The average molecular weight is 282 g/mol. The van der Waals surface area contributed by atoms with Gasteiger partial charge in [0.1, 0.15) is 5.69 Å². The number of hydrogen-bond donors (Lipinski definition) is 2. The van der Waals surface area contributed by atoms with Crippen LogP contribution in [0.15, 0.2) is 46.6 Å². The Morgan fingerprint density at radius 3 is 2.14 bits per heavy atom. The van der Waals surface area contributed by atoms with Gasteiger partial charge in [0.05, 0.1) is 11.4 Å². The van der Waals surface area contributed by atoms with Crippen molar-refractivity contribution in [1.82, 2.24) is 0 Å². The highest BCUT2D eigenvalue weighted by Gasteiger charge is 2.05. The molecule has 0 aliphatic heterocycles. The fourth-order valence-corrected chi connectivity index (χ4v) is 2.00. The molecule has 21 heavy (non-hydrogen) atoms. The summed E-state index contributed by atoms with van der Waals surface area (Å²) in [6.07, 6.45) is 0. The minimum absolute atomic E-state index is 0.552. The summed E-state index contributed by atoms with van der Waals surface area (Å²) < 4.78 is 0. The molecule has 0 atom stereocenters. The third kappa shape index (κ3) is 3.89. The van der Waals surface area contributed by atoms with E-state index in [2.05, 4.69) is 15.5 Å². The molecule has 0 bridgehead atoms. The zero-order valence-corrected chi connectivity index (χ0v) is 12.3. The SMILES string of the molecule is Cc1ccc(/N=N/c2ccc(C)cc2NC(N)=O)c(C)c1. The van der Waals surface area contributed by atoms with Gasteiger partial charge in [-0.2, -0.15) is 5.11 Å². The van der Waals surface area contributed by atoms with E-state index in [4.69, 9.17) is 5.73 Å². The Labute approximate surface area is 123 Å². The Bertz CT molecular complexity index is 707. The number of benzene rings is 2. The fraction of sp³-hybridized carbons (Fsp3) is 0.188. The van der Waals surface area contributed by atoms with Crippen molar-refractivity contribution in [2.75, 3.05) is 5.32 Å². The topological polar surface area (TPSA) is 79.8 Å². The van der Waals surface area contributed by atoms with Gasteiger partial charge in [-0.1, -0.05) is 23.8 Å². The number of aryl methyl sites for hydroxylation is 3. The zero-order chi connectivity index (χ0) is 15.4. The lowest BCUT2D eigenvalue weighted by molar-refractivity contribution is 0.259. The second kappa shape index (κ2) is 6.17. The summed E-state index contributed by atoms with van der Waals surface area (Å²) >= 11 is 0. The highest BCUT2D eigenvalue weighted by molar-refractivity contribution is 5.91. The predicted octanol–water partition coefficient (Wildman–Crippen LogP) is 4.52. The minimum atomic E-state index is -0.622. The van der Waals surface area contributed by atoms with Crippen LogP contribution in [0.25, 0.3) is 0 Å². The molecule has 2 aromatic carbocycles. The third-order valence-electron chi connectivity index (χ3n) is 3.03. The minimum Gasteiger partial charge on any atom is -0.351 e. The number of nitrogens with zero attached hydrogens (tertiary/aromatic N) is 2. The van der Waals surface area contributed by atoms with E-state index in [0.29, 0.717) is 11.4 Å². The molecule has 0 aliphatic carbocycles. The number of hydrogen-bond acceptors (Lipinski definition) is 3. The van der Waals surface area contributed by atoms with Gasteiger partial charge in [0.15, 0.2) is 0 Å². The molecular weight excluding hydrogens is 264 g/mol. The normalized spacial score (nSPS) is 10.8. The number of carbonyl (C=O) groups excluding carboxylic acids is 1. The Morgan fingerprint density at radius 2 is 1.52 bits per heavy atom. The number of amides is 2. The van der Waals surface area contributed by atoms with Crippen molar-refractivity contribution < 1.29 is 4.79 Å². The molecule has 0 heterocycles. The van der Waals surface area contributed by atoms with Crippen molar-refractivity contribution in [3.63, 3.8) is 0 Å². The van der Waals surface area contributed by atoms with Gasteiger partial charge < -0.3 is 11.1 Å². The highest BCUT2D eigenvalue weighted by Crippen LogP contribution is 2.29. The van der Waals surface area contributed by atoms with E-state index >= 15 is 0 Å². The first-order valence-corrected chi connectivity index (χ1v) is 6.62. The van der Waals surface area contributed by atoms with Gasteiger partial charge in [-0.15, -0.1) is 5.11 Å². The van der Waals surface area contributed by atoms with Crippen LogP contribution >= 0.6 is 0 Å². The van der Waals surface area contributed by atoms with Crippen molar-refractivity contribution >= 4 is 23.1 Å². The molecule has 0 saturated heterocycles. The molecule has 2 rings (SSSR count). The van der Waals surface area contributed by atoms with E-state index in [-0.39, 0.29) is 0 Å². The number of carbonyl (C=O) groups is 1. The third-order valence-corrected chi connectivity index (χ3v) is 3.03. The zero-order valence-electron chi connectivity index (χ0n) is 12.3. The maximum absolute atomic E-state index is 11.0. The van der Waals surface area contributed by atoms with E-state index < -0.39 is 6.03 Å². The van der Waals surface area contributed by atoms with Crippen LogP contribution in [-0.4, -0.2) is 6.03 Å². The molecule has 5 nitrogen and oxygen atoms in total. The van der Waals surface area contributed by atoms with Crippen LogP contribution in [0.4, 0.5) is 21.9 Å². The molecule has 2 amide bonds. The quantitative estimate of drug-likeness (QED) is 0.797. The Morgan fingerprint density at radius 1 is 0.952 bits per heavy atom. The number of primary amides is 1. The van der Waals surface area contributed by atoms with Crippen LogP contribution in [0.5, 0.6) is 0 Å². The second-order valence-electron chi connectivity index (χ2n) is 5.00. The van der Waals surface area contributed by atoms with Crippen LogP contribution in [-0.2, 0) is 0 Å². The summed E-state index contributed by atoms with van der Waals surface area (Å²) in [7, 11) is 0. The van der Waals surface area contributed by atoms with Crippen molar-refractivity contribution in [3.8, 4) is 0 Å². The largest absolute Gasteiger partial charge is 0.351 e. The molecule has 0 unspecified atom stereocenters. The number of nitrogens with one attached hydrogen (secondary N) is 1. The molecular formula is C16H18N4O. The molecule has 5 heteroatoms. The number of nitrogens with two attached hydrogens (primary N) is 1. The first-order chi connectivity index (χ1) is 9.95. The van der Waals surface area contributed by atoms with Crippen molar-refractivity contribution in [2.24, 2.45) is 16.0 Å². The highest BCUT2D eigenvalue weighted by atomic mass is 16.2. The van der Waals surface area contributed by atoms with E-state index in [1.54, 1.807) is 12.1 Å². The maximum Gasteiger partial charge on any atom is 0.316 e. The second-order valence-corrected chi connectivity index (χ2v) is 5.00. The first-order valence-electron chi connectivity index (χ1n) is 6.62. The molecule has 0 spiro atoms. The first kappa shape index (κ1) is 14.7. The number of anilines is 1. The van der Waals surface area contributed by atoms with Crippen molar-refractivity contribution in [3.05, 3.63) is 53.1 Å². The van der Waals surface area contributed by atoms with Gasteiger partial charge in [-0.25, -0.2) is 4.79 Å². The predicted molar refractivity (Wildman–Crippen MR) is 84.5 cm³/mol. The van der Waals surface area contributed by atoms with Crippen LogP contribution < -0.4 is 11.1 Å². The summed E-state index contributed by atoms with van der Waals surface area (Å²) in [5.41, 5.74) is 10.3. The van der Waals surface area contributed by atoms with Crippen LogP contribution in [0, 0.1) is 20.8 Å². The number of rotatable bonds is 3. The Kier molecular flexibility index (Phi) is 4.33. The summed E-state index contributed by atoms with van der Waals surface area (Å²) in [6, 6.07) is 10.8. The van der Waals surface area contributed by atoms with Crippen molar-refractivity contribution in [1.29, 1.82) is 0 Å². The van der Waals surface area contributed by atoms with Gasteiger partial charge in [0.2, 0.25) is 0 Å². The Hall–Kier alpha value is -2.69. The summed E-state index contributed by atoms with van der Waals surface area (Å²) in [6.45, 7) is 5.94. The van der Waals surface area contributed by atoms with Gasteiger partial charge >= 0.3 is 6.03 Å². The molecule has 0 radical (unpaired) electrons. The number of urea groups is 1. The molecule has 0 fully saturated rings. The molecule has 0 saturated carbocycles. The van der Waals surface area contributed by atoms with E-state index in [9.17, 15) is 4.79 Å². The van der Waals surface area contributed by atoms with Gasteiger partial charge in [-0.05, 0) is 50.1 Å². The van der Waals surface area contributed by atoms with Crippen molar-refractivity contribution in [2.45, 2.75) is 20.8 Å². The molecule has 2 aromatic rings. The van der Waals surface area contributed by atoms with E-state index in [0.717, 1.165) is 16.8 Å². The van der Waals surface area contributed by atoms with Gasteiger partial charge in [-0.3, -0.25) is 0 Å². The standard InChI is InChI=1S/C16H18N4O/c1-10-4-6-13(12(3)8-10)19-20-14-7-5-11(2)9-15(14)18-16(17)21/h4-9H,1-3H3,(H3,17,18,21)/b20-19+. The summed E-state index contributed by atoms with van der Waals surface area (Å²) in [4.78, 5) is 11.0. The monoisotopic (exact) mass is 282 g/mol. The fourth-order valence-electron chi connectivity index (χ4n) is 2.00. The molecule has 0 aliphatic rings. The molecule has 108 valence electrons. The maximum atomic E-state index is 11.0.